The second-order valence-electron chi connectivity index (χ2n) is 8.89. The lowest BCUT2D eigenvalue weighted by atomic mass is 9.97. The quantitative estimate of drug-likeness (QED) is 0.492. The zero-order valence-electron chi connectivity index (χ0n) is 19.0. The standard InChI is InChI=1S/C27H24FN5O2/c28-21-4-6-23(7-5-21)32-10-11-33-24(16-32)14-25(31-33)27(34)30-22-13-20-12-18(3-8-26(20)35-17-22)19-2-1-9-29-15-19/h1-9,12,14-15,22H,10-11,13,16-17H2,(H,30,34)/t22-/m1/s1. The predicted octanol–water partition coefficient (Wildman–Crippen LogP) is 3.84. The van der Waals surface area contributed by atoms with E-state index in [0.717, 1.165) is 40.4 Å². The number of anilines is 1. The first kappa shape index (κ1) is 21.3. The van der Waals surface area contributed by atoms with Gasteiger partial charge in [0.05, 0.1) is 24.8 Å². The fraction of sp³-hybridized carbons (Fsp3) is 0.222. The molecule has 4 heterocycles. The molecule has 6 rings (SSSR count). The van der Waals surface area contributed by atoms with Gasteiger partial charge in [-0.1, -0.05) is 12.1 Å². The molecule has 176 valence electrons. The molecular weight excluding hydrogens is 445 g/mol. The average molecular weight is 470 g/mol. The van der Waals surface area contributed by atoms with Crippen LogP contribution in [-0.2, 0) is 19.5 Å². The zero-order chi connectivity index (χ0) is 23.8. The van der Waals surface area contributed by atoms with E-state index in [1.807, 2.05) is 41.2 Å². The summed E-state index contributed by atoms with van der Waals surface area (Å²) in [6.07, 6.45) is 4.27. The largest absolute Gasteiger partial charge is 0.491 e. The smallest absolute Gasteiger partial charge is 0.272 e. The Morgan fingerprint density at radius 3 is 2.77 bits per heavy atom. The number of pyridine rings is 1. The molecule has 1 amide bonds. The summed E-state index contributed by atoms with van der Waals surface area (Å²) in [5, 5.41) is 7.61. The molecule has 0 saturated carbocycles. The highest BCUT2D eigenvalue weighted by molar-refractivity contribution is 5.92. The first-order chi connectivity index (χ1) is 17.1. The number of amides is 1. The fourth-order valence-electron chi connectivity index (χ4n) is 4.71. The number of carbonyl (C=O) groups is 1. The van der Waals surface area contributed by atoms with Crippen LogP contribution >= 0.6 is 0 Å². The lowest BCUT2D eigenvalue weighted by molar-refractivity contribution is 0.0909. The number of nitrogens with one attached hydrogen (secondary N) is 1. The van der Waals surface area contributed by atoms with Gasteiger partial charge >= 0.3 is 0 Å². The number of fused-ring (bicyclic) bond motifs is 2. The Morgan fingerprint density at radius 1 is 1.06 bits per heavy atom. The summed E-state index contributed by atoms with van der Waals surface area (Å²) in [5.74, 6) is 0.388. The van der Waals surface area contributed by atoms with Crippen LogP contribution in [0.2, 0.25) is 0 Å². The first-order valence-electron chi connectivity index (χ1n) is 11.7. The van der Waals surface area contributed by atoms with Crippen LogP contribution in [0.5, 0.6) is 5.75 Å². The highest BCUT2D eigenvalue weighted by Crippen LogP contribution is 2.30. The number of ether oxygens (including phenoxy) is 1. The number of nitrogens with zero attached hydrogens (tertiary/aromatic N) is 4. The van der Waals surface area contributed by atoms with Crippen molar-refractivity contribution in [3.05, 3.63) is 95.8 Å². The second kappa shape index (κ2) is 8.87. The first-order valence-corrected chi connectivity index (χ1v) is 11.7. The van der Waals surface area contributed by atoms with Crippen molar-refractivity contribution < 1.29 is 13.9 Å². The molecule has 1 N–H and O–H groups in total. The molecule has 0 bridgehead atoms. The minimum atomic E-state index is -0.252. The summed E-state index contributed by atoms with van der Waals surface area (Å²) in [7, 11) is 0. The van der Waals surface area contributed by atoms with Gasteiger partial charge in [-0.15, -0.1) is 0 Å². The highest BCUT2D eigenvalue weighted by atomic mass is 19.1. The van der Waals surface area contributed by atoms with Gasteiger partial charge in [0.2, 0.25) is 0 Å². The van der Waals surface area contributed by atoms with Crippen LogP contribution in [0.4, 0.5) is 10.1 Å². The molecule has 2 aliphatic rings. The fourth-order valence-corrected chi connectivity index (χ4v) is 4.71. The Labute approximate surface area is 202 Å². The maximum absolute atomic E-state index is 13.3. The Morgan fingerprint density at radius 2 is 1.94 bits per heavy atom. The maximum Gasteiger partial charge on any atom is 0.272 e. The minimum absolute atomic E-state index is 0.145. The molecule has 1 atom stereocenters. The van der Waals surface area contributed by atoms with Crippen LogP contribution in [0.15, 0.2) is 73.1 Å². The molecule has 0 spiro atoms. The average Bonchev–Trinajstić information content (AvgIpc) is 3.33. The molecule has 0 aliphatic carbocycles. The molecule has 35 heavy (non-hydrogen) atoms. The Hall–Kier alpha value is -4.20. The van der Waals surface area contributed by atoms with Crippen LogP contribution < -0.4 is 15.0 Å². The summed E-state index contributed by atoms with van der Waals surface area (Å²) >= 11 is 0. The normalized spacial score (nSPS) is 16.7. The third-order valence-corrected chi connectivity index (χ3v) is 6.52. The van der Waals surface area contributed by atoms with E-state index in [1.165, 1.54) is 12.1 Å². The van der Waals surface area contributed by atoms with E-state index in [-0.39, 0.29) is 17.8 Å². The van der Waals surface area contributed by atoms with Gasteiger partial charge in [0.1, 0.15) is 18.2 Å². The van der Waals surface area contributed by atoms with Crippen LogP contribution in [0, 0.1) is 5.82 Å². The summed E-state index contributed by atoms with van der Waals surface area (Å²) in [6, 6.07) is 18.2. The molecule has 2 aromatic heterocycles. The lowest BCUT2D eigenvalue weighted by Gasteiger charge is -2.29. The monoisotopic (exact) mass is 469 g/mol. The zero-order valence-corrected chi connectivity index (χ0v) is 19.0. The molecule has 7 nitrogen and oxygen atoms in total. The number of hydrogen-bond donors (Lipinski definition) is 1. The Bertz CT molecular complexity index is 1370. The number of hydrogen-bond acceptors (Lipinski definition) is 5. The molecule has 0 unspecified atom stereocenters. The van der Waals surface area contributed by atoms with Gasteiger partial charge < -0.3 is 15.0 Å². The SMILES string of the molecule is O=C(N[C@H]1COc2ccc(-c3cccnc3)cc2C1)c1cc2n(n1)CCN(c1ccc(F)cc1)C2. The number of carbonyl (C=O) groups excluding carboxylic acids is 1. The molecular formula is C27H24FN5O2. The summed E-state index contributed by atoms with van der Waals surface area (Å²) in [4.78, 5) is 19.4. The van der Waals surface area contributed by atoms with Gasteiger partial charge in [-0.25, -0.2) is 4.39 Å². The highest BCUT2D eigenvalue weighted by Gasteiger charge is 2.25. The van der Waals surface area contributed by atoms with Gasteiger partial charge in [0.15, 0.2) is 5.69 Å². The molecule has 0 fully saturated rings. The number of rotatable bonds is 4. The predicted molar refractivity (Wildman–Crippen MR) is 130 cm³/mol. The van der Waals surface area contributed by atoms with Crippen molar-refractivity contribution in [3.63, 3.8) is 0 Å². The third-order valence-electron chi connectivity index (χ3n) is 6.52. The molecule has 0 saturated heterocycles. The van der Waals surface area contributed by atoms with Crippen LogP contribution in [0.25, 0.3) is 11.1 Å². The van der Waals surface area contributed by atoms with Crippen LogP contribution in [0.1, 0.15) is 21.7 Å². The third kappa shape index (κ3) is 4.35. The topological polar surface area (TPSA) is 72.3 Å². The van der Waals surface area contributed by atoms with Crippen molar-refractivity contribution in [1.29, 1.82) is 0 Å². The van der Waals surface area contributed by atoms with Crippen LogP contribution in [-0.4, -0.2) is 39.9 Å². The van der Waals surface area contributed by atoms with E-state index in [1.54, 1.807) is 18.3 Å². The molecule has 4 aromatic rings. The van der Waals surface area contributed by atoms with Crippen molar-refractivity contribution in [2.75, 3.05) is 18.1 Å². The van der Waals surface area contributed by atoms with Crippen molar-refractivity contribution in [1.82, 2.24) is 20.1 Å². The summed E-state index contributed by atoms with van der Waals surface area (Å²) < 4.78 is 21.1. The van der Waals surface area contributed by atoms with Gasteiger partial charge in [-0.3, -0.25) is 14.5 Å². The van der Waals surface area contributed by atoms with Gasteiger partial charge in [0.25, 0.3) is 5.91 Å². The van der Waals surface area contributed by atoms with Crippen molar-refractivity contribution in [2.45, 2.75) is 25.6 Å². The minimum Gasteiger partial charge on any atom is -0.491 e. The summed E-state index contributed by atoms with van der Waals surface area (Å²) in [5.41, 5.74) is 5.48. The van der Waals surface area contributed by atoms with E-state index in [9.17, 15) is 9.18 Å². The molecule has 2 aliphatic heterocycles. The maximum atomic E-state index is 13.3. The lowest BCUT2D eigenvalue weighted by Crippen LogP contribution is -2.42. The van der Waals surface area contributed by atoms with Gasteiger partial charge in [-0.2, -0.15) is 5.10 Å². The van der Waals surface area contributed by atoms with E-state index >= 15 is 0 Å². The Kier molecular flexibility index (Phi) is 5.41. The van der Waals surface area contributed by atoms with E-state index in [2.05, 4.69) is 26.4 Å². The van der Waals surface area contributed by atoms with E-state index in [0.29, 0.717) is 31.8 Å². The summed E-state index contributed by atoms with van der Waals surface area (Å²) in [6.45, 7) is 2.44. The molecule has 8 heteroatoms. The van der Waals surface area contributed by atoms with E-state index in [4.69, 9.17) is 4.74 Å². The second-order valence-corrected chi connectivity index (χ2v) is 8.89. The molecule has 0 radical (unpaired) electrons. The van der Waals surface area contributed by atoms with Crippen LogP contribution in [0.3, 0.4) is 0 Å². The van der Waals surface area contributed by atoms with Gasteiger partial charge in [0, 0.05) is 30.2 Å². The molecule has 2 aromatic carbocycles. The van der Waals surface area contributed by atoms with Crippen molar-refractivity contribution >= 4 is 11.6 Å². The van der Waals surface area contributed by atoms with E-state index < -0.39 is 0 Å². The number of benzene rings is 2. The Balaban J connectivity index is 1.13. The van der Waals surface area contributed by atoms with Gasteiger partial charge in [-0.05, 0) is 66.1 Å². The van der Waals surface area contributed by atoms with Crippen molar-refractivity contribution in [3.8, 4) is 16.9 Å². The van der Waals surface area contributed by atoms with Crippen molar-refractivity contribution in [2.24, 2.45) is 0 Å². The number of halogens is 1. The number of aromatic nitrogens is 3.